The third kappa shape index (κ3) is 5.23. The molecule has 1 unspecified atom stereocenters. The Labute approximate surface area is 113 Å². The molecule has 6 heteroatoms. The Kier molecular flexibility index (Phi) is 4.85. The molecule has 0 aromatic carbocycles. The third-order valence-electron chi connectivity index (χ3n) is 2.51. The van der Waals surface area contributed by atoms with Gasteiger partial charge in [0, 0.05) is 18.8 Å². The number of aromatic nitrogens is 1. The summed E-state index contributed by atoms with van der Waals surface area (Å²) in [6.45, 7) is 4.24. The average Bonchev–Trinajstić information content (AvgIpc) is 2.24. The molecule has 0 fully saturated rings. The number of hydrogen-bond acceptors (Lipinski definition) is 5. The molecule has 0 saturated carbocycles. The van der Waals surface area contributed by atoms with Crippen molar-refractivity contribution < 1.29 is 15.0 Å². The number of aryl methyl sites for hydroxylation is 1. The Balaban J connectivity index is 2.75. The van der Waals surface area contributed by atoms with E-state index in [2.05, 4.69) is 10.3 Å². The standard InChI is InChI=1S/C13H21N3O3/c1-9-5-10(12(17)18)6-11(15-9)14-7-13(2,19)8-16(3)4/h5-6,19H,7-8H2,1-4H3,(H,14,15)(H,17,18). The van der Waals surface area contributed by atoms with Crippen molar-refractivity contribution >= 4 is 11.8 Å². The van der Waals surface area contributed by atoms with Crippen LogP contribution in [0.25, 0.3) is 0 Å². The molecule has 0 aliphatic rings. The van der Waals surface area contributed by atoms with Crippen LogP contribution in [0.3, 0.4) is 0 Å². The average molecular weight is 267 g/mol. The van der Waals surface area contributed by atoms with Gasteiger partial charge in [-0.1, -0.05) is 0 Å². The number of pyridine rings is 1. The molecule has 106 valence electrons. The van der Waals surface area contributed by atoms with Gasteiger partial charge in [0.2, 0.25) is 0 Å². The van der Waals surface area contributed by atoms with Gasteiger partial charge in [-0.3, -0.25) is 0 Å². The van der Waals surface area contributed by atoms with Crippen LogP contribution in [-0.2, 0) is 0 Å². The minimum Gasteiger partial charge on any atom is -0.478 e. The van der Waals surface area contributed by atoms with E-state index in [4.69, 9.17) is 5.11 Å². The molecule has 3 N–H and O–H groups in total. The smallest absolute Gasteiger partial charge is 0.335 e. The predicted octanol–water partition coefficient (Wildman–Crippen LogP) is 0.813. The summed E-state index contributed by atoms with van der Waals surface area (Å²) in [5.74, 6) is -0.537. The van der Waals surface area contributed by atoms with Crippen LogP contribution < -0.4 is 5.32 Å². The lowest BCUT2D eigenvalue weighted by Gasteiger charge is -2.27. The van der Waals surface area contributed by atoms with Crippen molar-refractivity contribution in [2.45, 2.75) is 19.4 Å². The first-order valence-electron chi connectivity index (χ1n) is 6.02. The Morgan fingerprint density at radius 2 is 2.11 bits per heavy atom. The monoisotopic (exact) mass is 267 g/mol. The van der Waals surface area contributed by atoms with Gasteiger partial charge < -0.3 is 20.4 Å². The van der Waals surface area contributed by atoms with Crippen LogP contribution in [0.15, 0.2) is 12.1 Å². The Morgan fingerprint density at radius 1 is 1.47 bits per heavy atom. The summed E-state index contributed by atoms with van der Waals surface area (Å²) in [4.78, 5) is 17.0. The summed E-state index contributed by atoms with van der Waals surface area (Å²) in [6.07, 6.45) is 0. The number of nitrogens with zero attached hydrogens (tertiary/aromatic N) is 2. The molecular weight excluding hydrogens is 246 g/mol. The molecular formula is C13H21N3O3. The van der Waals surface area contributed by atoms with E-state index in [-0.39, 0.29) is 5.56 Å². The van der Waals surface area contributed by atoms with E-state index in [1.54, 1.807) is 13.8 Å². The van der Waals surface area contributed by atoms with Crippen molar-refractivity contribution in [3.63, 3.8) is 0 Å². The van der Waals surface area contributed by atoms with Crippen LogP contribution >= 0.6 is 0 Å². The first kappa shape index (κ1) is 15.4. The van der Waals surface area contributed by atoms with E-state index >= 15 is 0 Å². The summed E-state index contributed by atoms with van der Waals surface area (Å²) < 4.78 is 0. The minimum atomic E-state index is -0.992. The number of aliphatic hydroxyl groups is 1. The molecule has 0 bridgehead atoms. The highest BCUT2D eigenvalue weighted by molar-refractivity contribution is 5.88. The zero-order valence-corrected chi connectivity index (χ0v) is 11.8. The van der Waals surface area contributed by atoms with Gasteiger partial charge in [0.1, 0.15) is 5.82 Å². The molecule has 0 spiro atoms. The van der Waals surface area contributed by atoms with Gasteiger partial charge in [-0.25, -0.2) is 9.78 Å². The van der Waals surface area contributed by atoms with Crippen molar-refractivity contribution in [3.05, 3.63) is 23.4 Å². The van der Waals surface area contributed by atoms with Gasteiger partial charge in [-0.15, -0.1) is 0 Å². The van der Waals surface area contributed by atoms with E-state index in [0.29, 0.717) is 24.6 Å². The molecule has 0 aliphatic carbocycles. The summed E-state index contributed by atoms with van der Waals surface area (Å²) in [7, 11) is 3.75. The lowest BCUT2D eigenvalue weighted by molar-refractivity contribution is 0.0459. The molecule has 0 amide bonds. The molecule has 1 aromatic heterocycles. The van der Waals surface area contributed by atoms with Crippen molar-refractivity contribution in [1.29, 1.82) is 0 Å². The first-order chi connectivity index (χ1) is 8.69. The zero-order chi connectivity index (χ0) is 14.6. The topological polar surface area (TPSA) is 85.7 Å². The molecule has 1 aromatic rings. The molecule has 0 saturated heterocycles. The molecule has 19 heavy (non-hydrogen) atoms. The highest BCUT2D eigenvalue weighted by atomic mass is 16.4. The number of carboxylic acids is 1. The second kappa shape index (κ2) is 5.99. The number of nitrogens with one attached hydrogen (secondary N) is 1. The maximum Gasteiger partial charge on any atom is 0.335 e. The normalized spacial score (nSPS) is 14.2. The summed E-state index contributed by atoms with van der Waals surface area (Å²) >= 11 is 0. The number of anilines is 1. The van der Waals surface area contributed by atoms with Gasteiger partial charge in [-0.05, 0) is 40.1 Å². The quantitative estimate of drug-likeness (QED) is 0.707. The number of rotatable bonds is 6. The lowest BCUT2D eigenvalue weighted by Crippen LogP contribution is -2.43. The minimum absolute atomic E-state index is 0.183. The molecule has 1 rings (SSSR count). The molecule has 6 nitrogen and oxygen atoms in total. The maximum atomic E-state index is 10.9. The van der Waals surface area contributed by atoms with Crippen LogP contribution in [0.1, 0.15) is 23.0 Å². The largest absolute Gasteiger partial charge is 0.478 e. The molecule has 1 atom stereocenters. The Hall–Kier alpha value is -1.66. The second-order valence-corrected chi connectivity index (χ2v) is 5.28. The molecule has 1 heterocycles. The van der Waals surface area contributed by atoms with E-state index in [9.17, 15) is 9.90 Å². The third-order valence-corrected chi connectivity index (χ3v) is 2.51. The van der Waals surface area contributed by atoms with E-state index in [1.165, 1.54) is 12.1 Å². The first-order valence-corrected chi connectivity index (χ1v) is 6.02. The predicted molar refractivity (Wildman–Crippen MR) is 73.6 cm³/mol. The summed E-state index contributed by atoms with van der Waals surface area (Å²) in [6, 6.07) is 2.96. The Morgan fingerprint density at radius 3 is 2.63 bits per heavy atom. The van der Waals surface area contributed by atoms with Gasteiger partial charge in [0.15, 0.2) is 0 Å². The maximum absolute atomic E-state index is 10.9. The van der Waals surface area contributed by atoms with E-state index in [1.807, 2.05) is 19.0 Å². The number of aromatic carboxylic acids is 1. The van der Waals surface area contributed by atoms with E-state index < -0.39 is 11.6 Å². The summed E-state index contributed by atoms with van der Waals surface area (Å²) in [5, 5.41) is 22.1. The number of carbonyl (C=O) groups is 1. The van der Waals surface area contributed by atoms with Gasteiger partial charge >= 0.3 is 5.97 Å². The van der Waals surface area contributed by atoms with Crippen molar-refractivity contribution in [1.82, 2.24) is 9.88 Å². The van der Waals surface area contributed by atoms with Crippen LogP contribution in [0.4, 0.5) is 5.82 Å². The number of carboxylic acid groups (broad SMARTS) is 1. The SMILES string of the molecule is Cc1cc(C(=O)O)cc(NCC(C)(O)CN(C)C)n1. The zero-order valence-electron chi connectivity index (χ0n) is 11.8. The molecule has 0 radical (unpaired) electrons. The summed E-state index contributed by atoms with van der Waals surface area (Å²) in [5.41, 5.74) is -0.116. The number of likely N-dealkylation sites (N-methyl/N-ethyl adjacent to an activating group) is 1. The van der Waals surface area contributed by atoms with E-state index in [0.717, 1.165) is 0 Å². The highest BCUT2D eigenvalue weighted by Crippen LogP contribution is 2.12. The Bertz CT molecular complexity index is 458. The van der Waals surface area contributed by atoms with Gasteiger partial charge in [-0.2, -0.15) is 0 Å². The fourth-order valence-electron chi connectivity index (χ4n) is 1.90. The molecule has 0 aliphatic heterocycles. The fraction of sp³-hybridized carbons (Fsp3) is 0.538. The van der Waals surface area contributed by atoms with Crippen LogP contribution in [0.5, 0.6) is 0 Å². The van der Waals surface area contributed by atoms with Crippen LogP contribution in [-0.4, -0.2) is 58.9 Å². The lowest BCUT2D eigenvalue weighted by atomic mass is 10.1. The van der Waals surface area contributed by atoms with Crippen molar-refractivity contribution in [3.8, 4) is 0 Å². The number of hydrogen-bond donors (Lipinski definition) is 3. The van der Waals surface area contributed by atoms with Crippen molar-refractivity contribution in [2.75, 3.05) is 32.5 Å². The van der Waals surface area contributed by atoms with Crippen LogP contribution in [0, 0.1) is 6.92 Å². The fourth-order valence-corrected chi connectivity index (χ4v) is 1.90. The second-order valence-electron chi connectivity index (χ2n) is 5.28. The van der Waals surface area contributed by atoms with Crippen LogP contribution in [0.2, 0.25) is 0 Å². The highest BCUT2D eigenvalue weighted by Gasteiger charge is 2.21. The van der Waals surface area contributed by atoms with Crippen molar-refractivity contribution in [2.24, 2.45) is 0 Å². The van der Waals surface area contributed by atoms with Gasteiger partial charge in [0.05, 0.1) is 11.2 Å². The van der Waals surface area contributed by atoms with Gasteiger partial charge in [0.25, 0.3) is 0 Å².